The average molecular weight is 339 g/mol. The van der Waals surface area contributed by atoms with E-state index in [2.05, 4.69) is 45.4 Å². The average Bonchev–Trinajstić information content (AvgIpc) is 3.14. The summed E-state index contributed by atoms with van der Waals surface area (Å²) < 4.78 is 10.8. The third kappa shape index (κ3) is 3.99. The van der Waals surface area contributed by atoms with Gasteiger partial charge in [0, 0.05) is 50.2 Å². The molecule has 132 valence electrons. The molecule has 0 amide bonds. The van der Waals surface area contributed by atoms with Crippen LogP contribution < -0.4 is 19.7 Å². The summed E-state index contributed by atoms with van der Waals surface area (Å²) in [5.74, 6) is 1.67. The van der Waals surface area contributed by atoms with Gasteiger partial charge in [0.1, 0.15) is 0 Å². The van der Waals surface area contributed by atoms with Crippen molar-refractivity contribution in [3.05, 3.63) is 48.5 Å². The second-order valence-corrected chi connectivity index (χ2v) is 6.51. The van der Waals surface area contributed by atoms with E-state index in [0.29, 0.717) is 6.79 Å². The molecule has 0 saturated carbocycles. The van der Waals surface area contributed by atoms with Crippen LogP contribution in [-0.2, 0) is 0 Å². The molecule has 25 heavy (non-hydrogen) atoms. The Kier molecular flexibility index (Phi) is 4.93. The summed E-state index contributed by atoms with van der Waals surface area (Å²) in [6, 6.07) is 16.7. The number of para-hydroxylation sites is 1. The molecule has 2 aromatic carbocycles. The van der Waals surface area contributed by atoms with Crippen molar-refractivity contribution < 1.29 is 9.47 Å². The first-order valence-electron chi connectivity index (χ1n) is 9.04. The number of hydrogen-bond acceptors (Lipinski definition) is 5. The van der Waals surface area contributed by atoms with Gasteiger partial charge in [-0.3, -0.25) is 4.90 Å². The summed E-state index contributed by atoms with van der Waals surface area (Å²) >= 11 is 0. The lowest BCUT2D eigenvalue weighted by Crippen LogP contribution is -2.46. The zero-order valence-corrected chi connectivity index (χ0v) is 14.5. The van der Waals surface area contributed by atoms with E-state index in [1.807, 2.05) is 18.2 Å². The van der Waals surface area contributed by atoms with Crippen LogP contribution in [0.1, 0.15) is 6.42 Å². The monoisotopic (exact) mass is 339 g/mol. The standard InChI is InChI=1S/C20H25N3O2/c1-2-5-18(6-3-1)23-13-11-22(12-14-23)10-4-9-21-17-7-8-19-20(15-17)25-16-24-19/h1-3,5-8,15,21H,4,9-14,16H2. The number of nitrogens with zero attached hydrogens (tertiary/aromatic N) is 2. The second-order valence-electron chi connectivity index (χ2n) is 6.51. The van der Waals surface area contributed by atoms with E-state index in [0.717, 1.165) is 62.9 Å². The lowest BCUT2D eigenvalue weighted by Gasteiger charge is -2.36. The Morgan fingerprint density at radius 1 is 0.880 bits per heavy atom. The van der Waals surface area contributed by atoms with E-state index >= 15 is 0 Å². The fraction of sp³-hybridized carbons (Fsp3) is 0.400. The molecule has 0 bridgehead atoms. The highest BCUT2D eigenvalue weighted by Gasteiger charge is 2.16. The molecule has 2 aromatic rings. The molecule has 0 aliphatic carbocycles. The quantitative estimate of drug-likeness (QED) is 0.819. The van der Waals surface area contributed by atoms with Crippen molar-refractivity contribution >= 4 is 11.4 Å². The Balaban J connectivity index is 1.16. The number of nitrogens with one attached hydrogen (secondary N) is 1. The number of hydrogen-bond donors (Lipinski definition) is 1. The van der Waals surface area contributed by atoms with Gasteiger partial charge in [-0.1, -0.05) is 18.2 Å². The van der Waals surface area contributed by atoms with E-state index in [1.165, 1.54) is 5.69 Å². The van der Waals surface area contributed by atoms with E-state index in [1.54, 1.807) is 0 Å². The van der Waals surface area contributed by atoms with Crippen molar-refractivity contribution in [3.8, 4) is 11.5 Å². The Hall–Kier alpha value is -2.40. The first-order chi connectivity index (χ1) is 12.4. The molecule has 0 spiro atoms. The van der Waals surface area contributed by atoms with Gasteiger partial charge >= 0.3 is 0 Å². The highest BCUT2D eigenvalue weighted by Crippen LogP contribution is 2.34. The van der Waals surface area contributed by atoms with Crippen molar-refractivity contribution in [2.24, 2.45) is 0 Å². The fourth-order valence-corrected chi connectivity index (χ4v) is 3.41. The highest BCUT2D eigenvalue weighted by atomic mass is 16.7. The SMILES string of the molecule is c1ccc(N2CCN(CCCNc3ccc4c(c3)OCO4)CC2)cc1. The molecule has 4 rings (SSSR count). The second kappa shape index (κ2) is 7.66. The number of anilines is 2. The Morgan fingerprint density at radius 3 is 2.52 bits per heavy atom. The minimum absolute atomic E-state index is 0.327. The molecule has 5 nitrogen and oxygen atoms in total. The molecule has 2 aliphatic heterocycles. The molecule has 1 N–H and O–H groups in total. The van der Waals surface area contributed by atoms with Gasteiger partial charge in [-0.05, 0) is 37.2 Å². The Labute approximate surface area is 149 Å². The third-order valence-electron chi connectivity index (χ3n) is 4.85. The van der Waals surface area contributed by atoms with Crippen molar-refractivity contribution in [3.63, 3.8) is 0 Å². The summed E-state index contributed by atoms with van der Waals surface area (Å²) in [4.78, 5) is 5.03. The molecular formula is C20H25N3O2. The van der Waals surface area contributed by atoms with E-state index in [4.69, 9.17) is 9.47 Å². The molecule has 1 saturated heterocycles. The van der Waals surface area contributed by atoms with Gasteiger partial charge < -0.3 is 19.7 Å². The van der Waals surface area contributed by atoms with Crippen molar-refractivity contribution in [1.82, 2.24) is 4.90 Å². The summed E-state index contributed by atoms with van der Waals surface area (Å²) in [5.41, 5.74) is 2.43. The maximum Gasteiger partial charge on any atom is 0.231 e. The smallest absolute Gasteiger partial charge is 0.231 e. The molecule has 0 unspecified atom stereocenters. The van der Waals surface area contributed by atoms with Gasteiger partial charge in [0.05, 0.1) is 0 Å². The minimum Gasteiger partial charge on any atom is -0.454 e. The highest BCUT2D eigenvalue weighted by molar-refractivity contribution is 5.55. The minimum atomic E-state index is 0.327. The molecular weight excluding hydrogens is 314 g/mol. The number of piperazine rings is 1. The molecule has 0 aromatic heterocycles. The van der Waals surface area contributed by atoms with Gasteiger partial charge in [-0.15, -0.1) is 0 Å². The summed E-state index contributed by atoms with van der Waals surface area (Å²) in [6.07, 6.45) is 1.14. The molecule has 2 heterocycles. The van der Waals surface area contributed by atoms with E-state index < -0.39 is 0 Å². The van der Waals surface area contributed by atoms with E-state index in [9.17, 15) is 0 Å². The molecule has 2 aliphatic rings. The number of ether oxygens (including phenoxy) is 2. The number of fused-ring (bicyclic) bond motifs is 1. The van der Waals surface area contributed by atoms with Gasteiger partial charge in [-0.2, -0.15) is 0 Å². The lowest BCUT2D eigenvalue weighted by molar-refractivity contribution is 0.174. The summed E-state index contributed by atoms with van der Waals surface area (Å²) in [7, 11) is 0. The van der Waals surface area contributed by atoms with Crippen molar-refractivity contribution in [1.29, 1.82) is 0 Å². The Morgan fingerprint density at radius 2 is 1.68 bits per heavy atom. The lowest BCUT2D eigenvalue weighted by atomic mass is 10.2. The van der Waals surface area contributed by atoms with Crippen molar-refractivity contribution in [2.45, 2.75) is 6.42 Å². The van der Waals surface area contributed by atoms with Crippen LogP contribution in [0.25, 0.3) is 0 Å². The van der Waals surface area contributed by atoms with Crippen LogP contribution in [0, 0.1) is 0 Å². The van der Waals surface area contributed by atoms with Crippen LogP contribution in [-0.4, -0.2) is 51.0 Å². The maximum absolute atomic E-state index is 5.41. The topological polar surface area (TPSA) is 37.0 Å². The van der Waals surface area contributed by atoms with Crippen LogP contribution in [0.3, 0.4) is 0 Å². The molecule has 1 fully saturated rings. The van der Waals surface area contributed by atoms with Crippen LogP contribution in [0.2, 0.25) is 0 Å². The first-order valence-corrected chi connectivity index (χ1v) is 9.04. The van der Waals surface area contributed by atoms with Gasteiger partial charge in [0.25, 0.3) is 0 Å². The maximum atomic E-state index is 5.41. The number of rotatable bonds is 6. The van der Waals surface area contributed by atoms with Crippen LogP contribution in [0.15, 0.2) is 48.5 Å². The zero-order chi connectivity index (χ0) is 16.9. The van der Waals surface area contributed by atoms with Crippen LogP contribution in [0.5, 0.6) is 11.5 Å². The third-order valence-corrected chi connectivity index (χ3v) is 4.85. The van der Waals surface area contributed by atoms with Gasteiger partial charge in [-0.25, -0.2) is 0 Å². The normalized spacial score (nSPS) is 16.9. The Bertz CT molecular complexity index is 685. The first kappa shape index (κ1) is 16.1. The van der Waals surface area contributed by atoms with E-state index in [-0.39, 0.29) is 0 Å². The van der Waals surface area contributed by atoms with Gasteiger partial charge in [0.2, 0.25) is 6.79 Å². The fourth-order valence-electron chi connectivity index (χ4n) is 3.41. The zero-order valence-electron chi connectivity index (χ0n) is 14.5. The van der Waals surface area contributed by atoms with Crippen molar-refractivity contribution in [2.75, 3.05) is 56.3 Å². The largest absolute Gasteiger partial charge is 0.454 e. The van der Waals surface area contributed by atoms with Crippen LogP contribution >= 0.6 is 0 Å². The predicted molar refractivity (Wildman–Crippen MR) is 101 cm³/mol. The summed E-state index contributed by atoms with van der Waals surface area (Å²) in [6.45, 7) is 6.93. The molecule has 5 heteroatoms. The van der Waals surface area contributed by atoms with Gasteiger partial charge in [0.15, 0.2) is 11.5 Å². The number of benzene rings is 2. The van der Waals surface area contributed by atoms with Crippen LogP contribution in [0.4, 0.5) is 11.4 Å². The molecule has 0 atom stereocenters. The summed E-state index contributed by atoms with van der Waals surface area (Å²) in [5, 5.41) is 3.48. The molecule has 0 radical (unpaired) electrons. The predicted octanol–water partition coefficient (Wildman–Crippen LogP) is 3.04.